The van der Waals surface area contributed by atoms with Gasteiger partial charge in [-0.2, -0.15) is 0 Å². The van der Waals surface area contributed by atoms with Crippen molar-refractivity contribution < 1.29 is 4.79 Å². The standard InChI is InChI=1S/C11H14ClN3O/c12-9-6-8(2-5-14-9)15-10(16)7-11(13)3-1-4-11/h2,5-6H,1,3-4,7,13H2,(H,14,15,16). The molecule has 1 fully saturated rings. The number of hydrogen-bond acceptors (Lipinski definition) is 3. The van der Waals surface area contributed by atoms with E-state index in [1.54, 1.807) is 18.3 Å². The van der Waals surface area contributed by atoms with Gasteiger partial charge in [-0.05, 0) is 31.4 Å². The van der Waals surface area contributed by atoms with Crippen molar-refractivity contribution in [1.29, 1.82) is 0 Å². The predicted molar refractivity (Wildman–Crippen MR) is 63.3 cm³/mol. The average molecular weight is 240 g/mol. The van der Waals surface area contributed by atoms with Gasteiger partial charge in [0.2, 0.25) is 5.91 Å². The summed E-state index contributed by atoms with van der Waals surface area (Å²) < 4.78 is 0. The number of rotatable bonds is 3. The second kappa shape index (κ2) is 4.39. The van der Waals surface area contributed by atoms with Crippen LogP contribution < -0.4 is 11.1 Å². The molecule has 1 aromatic rings. The summed E-state index contributed by atoms with van der Waals surface area (Å²) in [5.74, 6) is -0.0653. The summed E-state index contributed by atoms with van der Waals surface area (Å²) in [7, 11) is 0. The molecule has 0 aliphatic heterocycles. The molecular weight excluding hydrogens is 226 g/mol. The number of halogens is 1. The topological polar surface area (TPSA) is 68.0 Å². The van der Waals surface area contributed by atoms with Gasteiger partial charge in [0, 0.05) is 23.8 Å². The van der Waals surface area contributed by atoms with Crippen LogP contribution in [-0.4, -0.2) is 16.4 Å². The molecule has 0 atom stereocenters. The third-order valence-corrected chi connectivity index (χ3v) is 3.08. The quantitative estimate of drug-likeness (QED) is 0.793. The van der Waals surface area contributed by atoms with Crippen molar-refractivity contribution in [2.45, 2.75) is 31.2 Å². The molecule has 5 heteroatoms. The van der Waals surface area contributed by atoms with Crippen LogP contribution in [-0.2, 0) is 4.79 Å². The van der Waals surface area contributed by atoms with E-state index in [0.29, 0.717) is 17.3 Å². The second-order valence-electron chi connectivity index (χ2n) is 4.31. The van der Waals surface area contributed by atoms with Gasteiger partial charge in [0.25, 0.3) is 0 Å². The number of carbonyl (C=O) groups excluding carboxylic acids is 1. The molecule has 0 unspecified atom stereocenters. The molecule has 0 radical (unpaired) electrons. The maximum atomic E-state index is 11.7. The lowest BCUT2D eigenvalue weighted by Gasteiger charge is -2.37. The van der Waals surface area contributed by atoms with E-state index in [0.717, 1.165) is 19.3 Å². The van der Waals surface area contributed by atoms with Gasteiger partial charge >= 0.3 is 0 Å². The van der Waals surface area contributed by atoms with Crippen LogP contribution in [0.5, 0.6) is 0 Å². The molecule has 0 bridgehead atoms. The minimum absolute atomic E-state index is 0.0653. The van der Waals surface area contributed by atoms with Gasteiger partial charge in [0.05, 0.1) is 0 Å². The first kappa shape index (κ1) is 11.4. The number of nitrogens with two attached hydrogens (primary N) is 1. The van der Waals surface area contributed by atoms with Gasteiger partial charge in [0.1, 0.15) is 5.15 Å². The van der Waals surface area contributed by atoms with E-state index in [-0.39, 0.29) is 11.4 Å². The molecule has 0 saturated heterocycles. The molecule has 0 spiro atoms. The Kier molecular flexibility index (Phi) is 3.12. The highest BCUT2D eigenvalue weighted by Crippen LogP contribution is 2.32. The van der Waals surface area contributed by atoms with Crippen molar-refractivity contribution in [3.63, 3.8) is 0 Å². The number of aromatic nitrogens is 1. The zero-order valence-electron chi connectivity index (χ0n) is 8.87. The first-order valence-electron chi connectivity index (χ1n) is 5.28. The highest BCUT2D eigenvalue weighted by atomic mass is 35.5. The number of hydrogen-bond donors (Lipinski definition) is 2. The minimum Gasteiger partial charge on any atom is -0.326 e. The summed E-state index contributed by atoms with van der Waals surface area (Å²) >= 11 is 5.71. The Morgan fingerprint density at radius 1 is 1.62 bits per heavy atom. The van der Waals surface area contributed by atoms with Gasteiger partial charge in [-0.1, -0.05) is 11.6 Å². The minimum atomic E-state index is -0.291. The average Bonchev–Trinajstić information content (AvgIpc) is 2.15. The van der Waals surface area contributed by atoms with Crippen LogP contribution in [0.3, 0.4) is 0 Å². The van der Waals surface area contributed by atoms with E-state index >= 15 is 0 Å². The smallest absolute Gasteiger partial charge is 0.226 e. The largest absolute Gasteiger partial charge is 0.326 e. The molecule has 1 heterocycles. The van der Waals surface area contributed by atoms with Crippen LogP contribution in [0.1, 0.15) is 25.7 Å². The van der Waals surface area contributed by atoms with E-state index in [1.165, 1.54) is 0 Å². The number of amides is 1. The third-order valence-electron chi connectivity index (χ3n) is 2.87. The molecule has 16 heavy (non-hydrogen) atoms. The molecule has 1 aliphatic rings. The molecule has 1 aromatic heterocycles. The summed E-state index contributed by atoms with van der Waals surface area (Å²) in [6.07, 6.45) is 4.90. The first-order valence-corrected chi connectivity index (χ1v) is 5.66. The summed E-state index contributed by atoms with van der Waals surface area (Å²) in [5, 5.41) is 3.13. The normalized spacial score (nSPS) is 17.6. The SMILES string of the molecule is NC1(CC(=O)Nc2ccnc(Cl)c2)CCC1. The van der Waals surface area contributed by atoms with Gasteiger partial charge < -0.3 is 11.1 Å². The van der Waals surface area contributed by atoms with Crippen molar-refractivity contribution in [3.8, 4) is 0 Å². The van der Waals surface area contributed by atoms with E-state index in [9.17, 15) is 4.79 Å². The molecule has 2 rings (SSSR count). The van der Waals surface area contributed by atoms with Crippen molar-refractivity contribution in [3.05, 3.63) is 23.5 Å². The van der Waals surface area contributed by atoms with Crippen molar-refractivity contribution >= 4 is 23.2 Å². The van der Waals surface area contributed by atoms with Crippen LogP contribution in [0, 0.1) is 0 Å². The molecule has 1 aliphatic carbocycles. The lowest BCUT2D eigenvalue weighted by Crippen LogP contribution is -2.48. The van der Waals surface area contributed by atoms with Crippen molar-refractivity contribution in [2.24, 2.45) is 5.73 Å². The van der Waals surface area contributed by atoms with Crippen LogP contribution in [0.4, 0.5) is 5.69 Å². The fourth-order valence-electron chi connectivity index (χ4n) is 1.81. The summed E-state index contributed by atoms with van der Waals surface area (Å²) in [5.41, 5.74) is 6.36. The zero-order valence-corrected chi connectivity index (χ0v) is 9.63. The fraction of sp³-hybridized carbons (Fsp3) is 0.455. The van der Waals surface area contributed by atoms with Crippen molar-refractivity contribution in [1.82, 2.24) is 4.98 Å². The number of pyridine rings is 1. The molecule has 3 N–H and O–H groups in total. The van der Waals surface area contributed by atoms with Crippen LogP contribution in [0.2, 0.25) is 5.15 Å². The summed E-state index contributed by atoms with van der Waals surface area (Å²) in [4.78, 5) is 15.5. The van der Waals surface area contributed by atoms with Gasteiger partial charge in [-0.3, -0.25) is 4.79 Å². The maximum absolute atomic E-state index is 11.7. The monoisotopic (exact) mass is 239 g/mol. The first-order chi connectivity index (χ1) is 7.57. The van der Waals surface area contributed by atoms with Gasteiger partial charge in [-0.25, -0.2) is 4.98 Å². The lowest BCUT2D eigenvalue weighted by molar-refractivity contribution is -0.118. The Hall–Kier alpha value is -1.13. The Balaban J connectivity index is 1.92. The fourth-order valence-corrected chi connectivity index (χ4v) is 1.99. The Labute approximate surface area is 99.2 Å². The van der Waals surface area contributed by atoms with E-state index in [4.69, 9.17) is 17.3 Å². The number of nitrogens with one attached hydrogen (secondary N) is 1. The lowest BCUT2D eigenvalue weighted by atomic mass is 9.75. The van der Waals surface area contributed by atoms with Gasteiger partial charge in [0.15, 0.2) is 0 Å². The molecular formula is C11H14ClN3O. The molecule has 0 aromatic carbocycles. The highest BCUT2D eigenvalue weighted by molar-refractivity contribution is 6.29. The summed E-state index contributed by atoms with van der Waals surface area (Å²) in [6.45, 7) is 0. The Morgan fingerprint density at radius 3 is 2.94 bits per heavy atom. The Morgan fingerprint density at radius 2 is 2.38 bits per heavy atom. The zero-order chi connectivity index (χ0) is 11.6. The molecule has 1 saturated carbocycles. The molecule has 4 nitrogen and oxygen atoms in total. The van der Waals surface area contributed by atoms with E-state index < -0.39 is 0 Å². The van der Waals surface area contributed by atoms with Gasteiger partial charge in [-0.15, -0.1) is 0 Å². The molecule has 86 valence electrons. The van der Waals surface area contributed by atoms with Crippen LogP contribution >= 0.6 is 11.6 Å². The Bertz CT molecular complexity index is 404. The summed E-state index contributed by atoms with van der Waals surface area (Å²) in [6, 6.07) is 3.32. The molecule has 1 amide bonds. The number of nitrogens with zero attached hydrogens (tertiary/aromatic N) is 1. The highest BCUT2D eigenvalue weighted by Gasteiger charge is 2.34. The van der Waals surface area contributed by atoms with E-state index in [1.807, 2.05) is 0 Å². The van der Waals surface area contributed by atoms with E-state index in [2.05, 4.69) is 10.3 Å². The third kappa shape index (κ3) is 2.71. The number of anilines is 1. The maximum Gasteiger partial charge on any atom is 0.226 e. The second-order valence-corrected chi connectivity index (χ2v) is 4.70. The van der Waals surface area contributed by atoms with Crippen LogP contribution in [0.25, 0.3) is 0 Å². The predicted octanol–water partition coefficient (Wildman–Crippen LogP) is 1.94. The van der Waals surface area contributed by atoms with Crippen LogP contribution in [0.15, 0.2) is 18.3 Å². The van der Waals surface area contributed by atoms with Crippen molar-refractivity contribution in [2.75, 3.05) is 5.32 Å². The number of carbonyl (C=O) groups is 1.